The maximum Gasteiger partial charge on any atom is 0.404 e. The van der Waals surface area contributed by atoms with Gasteiger partial charge in [-0.15, -0.1) is 0 Å². The minimum Gasteiger partial charge on any atom is -0.441 e. The van der Waals surface area contributed by atoms with E-state index in [9.17, 15) is 4.79 Å². The molecule has 0 aliphatic rings. The molecule has 1 aromatic carbocycles. The van der Waals surface area contributed by atoms with Gasteiger partial charge in [-0.05, 0) is 51.8 Å². The predicted molar refractivity (Wildman–Crippen MR) is 88.1 cm³/mol. The average Bonchev–Trinajstić information content (AvgIpc) is 2.37. The molecule has 1 rings (SSSR count). The molecule has 0 heterocycles. The van der Waals surface area contributed by atoms with Crippen LogP contribution in [0.2, 0.25) is 5.02 Å². The van der Waals surface area contributed by atoms with Crippen molar-refractivity contribution in [3.8, 4) is 0 Å². The number of hydrogen-bond acceptors (Lipinski definition) is 3. The zero-order valence-electron chi connectivity index (χ0n) is 13.2. The Labute approximate surface area is 137 Å². The molecule has 0 saturated carbocycles. The number of rotatable bonds is 6. The Balaban J connectivity index is 3.17. The summed E-state index contributed by atoms with van der Waals surface area (Å²) >= 11 is 11.5. The van der Waals surface area contributed by atoms with E-state index >= 15 is 0 Å². The van der Waals surface area contributed by atoms with E-state index in [1.807, 2.05) is 26.0 Å². The molecule has 0 amide bonds. The second-order valence-corrected chi connectivity index (χ2v) is 6.81. The Hall–Kier alpha value is -0.770. The summed E-state index contributed by atoms with van der Waals surface area (Å²) in [4.78, 5) is 11.3. The van der Waals surface area contributed by atoms with E-state index < -0.39 is 11.0 Å². The largest absolute Gasteiger partial charge is 0.441 e. The number of hydrogen-bond donors (Lipinski definition) is 1. The molecule has 0 aliphatic carbocycles. The second-order valence-electron chi connectivity index (χ2n) is 6.06. The highest BCUT2D eigenvalue weighted by atomic mass is 35.5. The fourth-order valence-corrected chi connectivity index (χ4v) is 2.54. The fraction of sp³-hybridized carbons (Fsp3) is 0.562. The first-order valence-corrected chi connectivity index (χ1v) is 7.78. The summed E-state index contributed by atoms with van der Waals surface area (Å²) in [6.07, 6.45) is 0.942. The lowest BCUT2D eigenvalue weighted by Crippen LogP contribution is -2.54. The fourth-order valence-electron chi connectivity index (χ4n) is 2.19. The van der Waals surface area contributed by atoms with Crippen LogP contribution in [0.25, 0.3) is 0 Å². The van der Waals surface area contributed by atoms with E-state index in [2.05, 4.69) is 26.1 Å². The number of ether oxygens (including phenoxy) is 1. The van der Waals surface area contributed by atoms with E-state index in [1.165, 1.54) is 0 Å². The van der Waals surface area contributed by atoms with Gasteiger partial charge in [0.15, 0.2) is 5.60 Å². The number of benzene rings is 1. The van der Waals surface area contributed by atoms with Gasteiger partial charge >= 0.3 is 5.43 Å². The van der Waals surface area contributed by atoms with Gasteiger partial charge in [-0.3, -0.25) is 0 Å². The molecular weight excluding hydrogens is 309 g/mol. The Morgan fingerprint density at radius 1 is 1.38 bits per heavy atom. The molecule has 5 heteroatoms. The molecule has 0 radical (unpaired) electrons. The molecule has 0 aliphatic heterocycles. The SMILES string of the molecule is CCC(C)(C)NC(C)C(C)(OC(=O)Cl)c1cccc(Cl)c1. The molecule has 1 aromatic rings. The Morgan fingerprint density at radius 3 is 2.48 bits per heavy atom. The van der Waals surface area contributed by atoms with Crippen LogP contribution in [0.1, 0.15) is 46.6 Å². The molecule has 3 nitrogen and oxygen atoms in total. The van der Waals surface area contributed by atoms with Crippen LogP contribution in [-0.2, 0) is 10.3 Å². The van der Waals surface area contributed by atoms with Crippen molar-refractivity contribution in [1.29, 1.82) is 0 Å². The van der Waals surface area contributed by atoms with Crippen LogP contribution in [0.4, 0.5) is 4.79 Å². The zero-order valence-corrected chi connectivity index (χ0v) is 14.7. The first kappa shape index (κ1) is 18.3. The van der Waals surface area contributed by atoms with E-state index in [1.54, 1.807) is 12.1 Å². The third-order valence-electron chi connectivity index (χ3n) is 4.01. The van der Waals surface area contributed by atoms with Crippen molar-refractivity contribution in [2.24, 2.45) is 0 Å². The molecule has 0 spiro atoms. The normalized spacial score (nSPS) is 16.1. The second kappa shape index (κ2) is 6.99. The zero-order chi connectivity index (χ0) is 16.3. The summed E-state index contributed by atoms with van der Waals surface area (Å²) in [5.74, 6) is 0. The lowest BCUT2D eigenvalue weighted by Gasteiger charge is -2.40. The molecule has 1 N–H and O–H groups in total. The van der Waals surface area contributed by atoms with Crippen molar-refractivity contribution in [3.05, 3.63) is 34.9 Å². The standard InChI is InChI=1S/C16H23Cl2NO2/c1-6-15(3,4)19-11(2)16(5,21-14(18)20)12-8-7-9-13(17)10-12/h7-11,19H,6H2,1-5H3. The van der Waals surface area contributed by atoms with Gasteiger partial charge in [-0.1, -0.05) is 30.7 Å². The summed E-state index contributed by atoms with van der Waals surface area (Å²) in [5.41, 5.74) is -1.02. The van der Waals surface area contributed by atoms with Crippen LogP contribution >= 0.6 is 23.2 Å². The topological polar surface area (TPSA) is 38.3 Å². The van der Waals surface area contributed by atoms with E-state index in [0.29, 0.717) is 5.02 Å². The highest BCUT2D eigenvalue weighted by Crippen LogP contribution is 2.33. The van der Waals surface area contributed by atoms with Crippen LogP contribution in [-0.4, -0.2) is 17.0 Å². The lowest BCUT2D eigenvalue weighted by molar-refractivity contribution is 0.00232. The summed E-state index contributed by atoms with van der Waals surface area (Å²) in [6, 6.07) is 7.13. The first-order chi connectivity index (χ1) is 9.60. The van der Waals surface area contributed by atoms with Crippen molar-refractivity contribution in [3.63, 3.8) is 0 Å². The Bertz CT molecular complexity index is 505. The number of carbonyl (C=O) groups is 1. The number of halogens is 2. The molecule has 0 fully saturated rings. The molecule has 118 valence electrons. The van der Waals surface area contributed by atoms with Crippen LogP contribution in [0, 0.1) is 0 Å². The molecule has 2 atom stereocenters. The van der Waals surface area contributed by atoms with Gasteiger partial charge < -0.3 is 10.1 Å². The maximum absolute atomic E-state index is 11.3. The van der Waals surface area contributed by atoms with E-state index in [0.717, 1.165) is 12.0 Å². The lowest BCUT2D eigenvalue weighted by atomic mass is 9.86. The van der Waals surface area contributed by atoms with Gasteiger partial charge in [0.1, 0.15) is 0 Å². The minimum absolute atomic E-state index is 0.0853. The molecule has 0 bridgehead atoms. The average molecular weight is 332 g/mol. The third kappa shape index (κ3) is 4.87. The highest BCUT2D eigenvalue weighted by Gasteiger charge is 2.39. The van der Waals surface area contributed by atoms with Crippen molar-refractivity contribution < 1.29 is 9.53 Å². The summed E-state index contributed by atoms with van der Waals surface area (Å²) < 4.78 is 5.44. The van der Waals surface area contributed by atoms with Crippen molar-refractivity contribution in [2.45, 2.75) is 58.2 Å². The van der Waals surface area contributed by atoms with E-state index in [-0.39, 0.29) is 11.6 Å². The van der Waals surface area contributed by atoms with Crippen molar-refractivity contribution in [1.82, 2.24) is 5.32 Å². The van der Waals surface area contributed by atoms with Crippen molar-refractivity contribution >= 4 is 28.6 Å². The Morgan fingerprint density at radius 2 is 2.00 bits per heavy atom. The van der Waals surface area contributed by atoms with E-state index in [4.69, 9.17) is 27.9 Å². The molecular formula is C16H23Cl2NO2. The van der Waals surface area contributed by atoms with Crippen molar-refractivity contribution in [2.75, 3.05) is 0 Å². The Kier molecular flexibility index (Phi) is 6.09. The van der Waals surface area contributed by atoms with Gasteiger partial charge in [0.25, 0.3) is 0 Å². The summed E-state index contributed by atoms with van der Waals surface area (Å²) in [6.45, 7) is 10.1. The summed E-state index contributed by atoms with van der Waals surface area (Å²) in [7, 11) is 0. The van der Waals surface area contributed by atoms with Gasteiger partial charge in [0.2, 0.25) is 0 Å². The monoisotopic (exact) mass is 331 g/mol. The quantitative estimate of drug-likeness (QED) is 0.737. The summed E-state index contributed by atoms with van der Waals surface area (Å²) in [5, 5.41) is 4.08. The number of carbonyl (C=O) groups excluding carboxylic acids is 1. The third-order valence-corrected chi connectivity index (χ3v) is 4.32. The van der Waals surface area contributed by atoms with Crippen LogP contribution in [0.15, 0.2) is 24.3 Å². The molecule has 21 heavy (non-hydrogen) atoms. The smallest absolute Gasteiger partial charge is 0.404 e. The first-order valence-electron chi connectivity index (χ1n) is 7.03. The maximum atomic E-state index is 11.3. The number of nitrogens with one attached hydrogen (secondary N) is 1. The van der Waals surface area contributed by atoms with Crippen LogP contribution < -0.4 is 5.32 Å². The molecule has 0 aromatic heterocycles. The van der Waals surface area contributed by atoms with Gasteiger partial charge in [0.05, 0.1) is 0 Å². The predicted octanol–water partition coefficient (Wildman–Crippen LogP) is 5.10. The van der Waals surface area contributed by atoms with Gasteiger partial charge in [-0.2, -0.15) is 0 Å². The minimum atomic E-state index is -0.907. The van der Waals surface area contributed by atoms with Gasteiger partial charge in [0, 0.05) is 28.2 Å². The molecule has 2 unspecified atom stereocenters. The van der Waals surface area contributed by atoms with Crippen LogP contribution in [0.3, 0.4) is 0 Å². The molecule has 0 saturated heterocycles. The highest BCUT2D eigenvalue weighted by molar-refractivity contribution is 6.61. The van der Waals surface area contributed by atoms with Gasteiger partial charge in [-0.25, -0.2) is 4.79 Å². The van der Waals surface area contributed by atoms with Crippen LogP contribution in [0.5, 0.6) is 0 Å².